The van der Waals surface area contributed by atoms with Crippen LogP contribution in [0.5, 0.6) is 0 Å². The molecule has 0 saturated heterocycles. The van der Waals surface area contributed by atoms with Crippen LogP contribution < -0.4 is 0 Å². The molecule has 0 amide bonds. The minimum absolute atomic E-state index is 0.0479. The van der Waals surface area contributed by atoms with Gasteiger partial charge in [0.25, 0.3) is 0 Å². The van der Waals surface area contributed by atoms with Gasteiger partial charge in [-0.15, -0.1) is 0 Å². The van der Waals surface area contributed by atoms with Crippen LogP contribution in [0.1, 0.15) is 25.3 Å². The van der Waals surface area contributed by atoms with Crippen LogP contribution in [0, 0.1) is 0 Å². The van der Waals surface area contributed by atoms with Gasteiger partial charge in [-0.05, 0) is 6.92 Å². The molecule has 0 aliphatic rings. The van der Waals surface area contributed by atoms with Gasteiger partial charge in [0, 0.05) is 33.0 Å². The molecule has 0 saturated carbocycles. The summed E-state index contributed by atoms with van der Waals surface area (Å²) in [6, 6.07) is 0. The summed E-state index contributed by atoms with van der Waals surface area (Å²) >= 11 is 0. The molecule has 2 atom stereocenters. The van der Waals surface area contributed by atoms with Gasteiger partial charge in [0.1, 0.15) is 11.9 Å². The molecule has 13 heavy (non-hydrogen) atoms. The summed E-state index contributed by atoms with van der Waals surface area (Å²) in [5, 5.41) is 9.73. The molecule has 4 heteroatoms. The molecule has 0 aliphatic carbocycles. The van der Waals surface area contributed by atoms with Crippen molar-refractivity contribution in [2.45, 2.75) is 25.6 Å². The highest BCUT2D eigenvalue weighted by molar-refractivity contribution is 4.95. The van der Waals surface area contributed by atoms with Gasteiger partial charge in [0.2, 0.25) is 0 Å². The van der Waals surface area contributed by atoms with E-state index < -0.39 is 6.10 Å². The molecule has 0 spiro atoms. The number of aliphatic hydroxyl groups excluding tert-OH is 1. The highest BCUT2D eigenvalue weighted by atomic mass is 16.5. The van der Waals surface area contributed by atoms with Crippen LogP contribution >= 0.6 is 0 Å². The van der Waals surface area contributed by atoms with Crippen LogP contribution in [-0.4, -0.2) is 27.9 Å². The molecule has 0 fully saturated rings. The molecule has 0 aromatic carbocycles. The number of aryl methyl sites for hydroxylation is 1. The normalized spacial score (nSPS) is 15.7. The smallest absolute Gasteiger partial charge is 0.137 e. The summed E-state index contributed by atoms with van der Waals surface area (Å²) in [4.78, 5) is 4.06. The Labute approximate surface area is 78.2 Å². The molecule has 1 heterocycles. The van der Waals surface area contributed by atoms with Crippen molar-refractivity contribution >= 4 is 0 Å². The zero-order valence-corrected chi connectivity index (χ0v) is 8.27. The largest absolute Gasteiger partial charge is 0.385 e. The van der Waals surface area contributed by atoms with Crippen molar-refractivity contribution in [2.24, 2.45) is 7.05 Å². The molecule has 1 N–H and O–H groups in total. The van der Waals surface area contributed by atoms with E-state index in [1.54, 1.807) is 13.3 Å². The van der Waals surface area contributed by atoms with Crippen molar-refractivity contribution in [1.29, 1.82) is 0 Å². The Bertz CT molecular complexity index is 260. The van der Waals surface area contributed by atoms with Crippen LogP contribution in [0.25, 0.3) is 0 Å². The second-order valence-electron chi connectivity index (χ2n) is 3.19. The highest BCUT2D eigenvalue weighted by Crippen LogP contribution is 2.16. The van der Waals surface area contributed by atoms with Gasteiger partial charge in [-0.3, -0.25) is 0 Å². The minimum Gasteiger partial charge on any atom is -0.385 e. The van der Waals surface area contributed by atoms with Crippen molar-refractivity contribution in [2.75, 3.05) is 7.11 Å². The third kappa shape index (κ3) is 2.54. The summed E-state index contributed by atoms with van der Waals surface area (Å²) in [6.45, 7) is 1.92. The Morgan fingerprint density at radius 1 is 1.69 bits per heavy atom. The Morgan fingerprint density at radius 2 is 2.38 bits per heavy atom. The van der Waals surface area contributed by atoms with Crippen molar-refractivity contribution in [3.8, 4) is 0 Å². The minimum atomic E-state index is -0.546. The average molecular weight is 184 g/mol. The average Bonchev–Trinajstić information content (AvgIpc) is 2.51. The van der Waals surface area contributed by atoms with E-state index in [2.05, 4.69) is 4.98 Å². The predicted octanol–water partition coefficient (Wildman–Crippen LogP) is 0.879. The number of methoxy groups -OCH3 is 1. The van der Waals surface area contributed by atoms with Crippen LogP contribution in [0.4, 0.5) is 0 Å². The lowest BCUT2D eigenvalue weighted by atomic mass is 10.1. The summed E-state index contributed by atoms with van der Waals surface area (Å²) in [7, 11) is 3.50. The molecular weight excluding hydrogens is 168 g/mol. The van der Waals surface area contributed by atoms with Crippen LogP contribution in [0.3, 0.4) is 0 Å². The second-order valence-corrected chi connectivity index (χ2v) is 3.19. The number of hydrogen-bond donors (Lipinski definition) is 1. The van der Waals surface area contributed by atoms with Crippen molar-refractivity contribution in [3.63, 3.8) is 0 Å². The third-order valence-electron chi connectivity index (χ3n) is 2.11. The van der Waals surface area contributed by atoms with Gasteiger partial charge in [-0.1, -0.05) is 0 Å². The van der Waals surface area contributed by atoms with Crippen molar-refractivity contribution < 1.29 is 9.84 Å². The first-order valence-electron chi connectivity index (χ1n) is 4.33. The zero-order chi connectivity index (χ0) is 9.84. The summed E-state index contributed by atoms with van der Waals surface area (Å²) < 4.78 is 6.87. The van der Waals surface area contributed by atoms with E-state index >= 15 is 0 Å². The molecule has 0 aliphatic heterocycles. The van der Waals surface area contributed by atoms with Gasteiger partial charge in [0.05, 0.1) is 6.10 Å². The maximum absolute atomic E-state index is 9.73. The third-order valence-corrected chi connectivity index (χ3v) is 2.11. The molecule has 2 unspecified atom stereocenters. The van der Waals surface area contributed by atoms with Crippen LogP contribution in [0.15, 0.2) is 12.4 Å². The van der Waals surface area contributed by atoms with Crippen LogP contribution in [-0.2, 0) is 11.8 Å². The number of hydrogen-bond acceptors (Lipinski definition) is 3. The van der Waals surface area contributed by atoms with Crippen LogP contribution in [0.2, 0.25) is 0 Å². The highest BCUT2D eigenvalue weighted by Gasteiger charge is 2.15. The number of rotatable bonds is 4. The summed E-state index contributed by atoms with van der Waals surface area (Å²) in [5.41, 5.74) is 0. The Balaban J connectivity index is 2.58. The topological polar surface area (TPSA) is 47.3 Å². The number of nitrogens with zero attached hydrogens (tertiary/aromatic N) is 2. The number of imidazole rings is 1. The zero-order valence-electron chi connectivity index (χ0n) is 8.27. The van der Waals surface area contributed by atoms with Gasteiger partial charge >= 0.3 is 0 Å². The molecule has 1 rings (SSSR count). The monoisotopic (exact) mass is 184 g/mol. The SMILES string of the molecule is COC(C)CC(O)c1nccn1C. The fourth-order valence-corrected chi connectivity index (χ4v) is 1.21. The van der Waals surface area contributed by atoms with E-state index in [0.717, 1.165) is 0 Å². The fourth-order valence-electron chi connectivity index (χ4n) is 1.21. The molecule has 0 bridgehead atoms. The lowest BCUT2D eigenvalue weighted by molar-refractivity contribution is 0.0513. The predicted molar refractivity (Wildman–Crippen MR) is 49.3 cm³/mol. The molecular formula is C9H16N2O2. The van der Waals surface area contributed by atoms with Gasteiger partial charge in [-0.2, -0.15) is 0 Å². The van der Waals surface area contributed by atoms with E-state index in [-0.39, 0.29) is 6.10 Å². The van der Waals surface area contributed by atoms with E-state index in [0.29, 0.717) is 12.2 Å². The standard InChI is InChI=1S/C9H16N2O2/c1-7(13-3)6-8(12)9-10-4-5-11(9)2/h4-5,7-8,12H,6H2,1-3H3. The Hall–Kier alpha value is -0.870. The summed E-state index contributed by atoms with van der Waals surface area (Å²) in [5.74, 6) is 0.684. The lowest BCUT2D eigenvalue weighted by Crippen LogP contribution is -2.14. The first kappa shape index (κ1) is 10.2. The quantitative estimate of drug-likeness (QED) is 0.755. The maximum atomic E-state index is 9.73. The maximum Gasteiger partial charge on any atom is 0.137 e. The number of aromatic nitrogens is 2. The van der Waals surface area contributed by atoms with Gasteiger partial charge < -0.3 is 14.4 Å². The van der Waals surface area contributed by atoms with Gasteiger partial charge in [0.15, 0.2) is 0 Å². The first-order valence-corrected chi connectivity index (χ1v) is 4.33. The molecule has 74 valence electrons. The Kier molecular flexibility index (Phi) is 3.45. The molecule has 4 nitrogen and oxygen atoms in total. The second kappa shape index (κ2) is 4.39. The fraction of sp³-hybridized carbons (Fsp3) is 0.667. The van der Waals surface area contributed by atoms with E-state index in [1.807, 2.05) is 24.7 Å². The molecule has 1 aromatic heterocycles. The number of ether oxygens (including phenoxy) is 1. The lowest BCUT2D eigenvalue weighted by Gasteiger charge is -2.14. The van der Waals surface area contributed by atoms with Crippen molar-refractivity contribution in [3.05, 3.63) is 18.2 Å². The van der Waals surface area contributed by atoms with E-state index in [9.17, 15) is 5.11 Å². The van der Waals surface area contributed by atoms with E-state index in [1.165, 1.54) is 0 Å². The van der Waals surface area contributed by atoms with Crippen molar-refractivity contribution in [1.82, 2.24) is 9.55 Å². The molecule has 1 aromatic rings. The van der Waals surface area contributed by atoms with E-state index in [4.69, 9.17) is 4.74 Å². The summed E-state index contributed by atoms with van der Waals surface area (Å²) in [6.07, 6.45) is 3.56. The number of aliphatic hydroxyl groups is 1. The molecule has 0 radical (unpaired) electrons. The van der Waals surface area contributed by atoms with Gasteiger partial charge in [-0.25, -0.2) is 4.98 Å². The Morgan fingerprint density at radius 3 is 2.85 bits per heavy atom. The first-order chi connectivity index (χ1) is 6.15.